The lowest BCUT2D eigenvalue weighted by Crippen LogP contribution is -2.29. The molecular formula is C12H13N3O2. The molecule has 1 aromatic heterocycles. The van der Waals surface area contributed by atoms with Gasteiger partial charge >= 0.3 is 0 Å². The Morgan fingerprint density at radius 1 is 1.24 bits per heavy atom. The van der Waals surface area contributed by atoms with Gasteiger partial charge in [0, 0.05) is 13.1 Å². The van der Waals surface area contributed by atoms with Gasteiger partial charge in [-0.1, -0.05) is 0 Å². The zero-order chi connectivity index (χ0) is 11.7. The summed E-state index contributed by atoms with van der Waals surface area (Å²) in [5, 5.41) is 2.90. The Bertz CT molecular complexity index is 544. The van der Waals surface area contributed by atoms with E-state index >= 15 is 0 Å². The minimum atomic E-state index is 0.385. The standard InChI is InChI=1S/C12H13N3O2/c16-14-9-4-5-11-10(8-9)13-12(17-11)15-6-2-1-3-7-15/h4-5,8H,1-3,6-7H2. The highest BCUT2D eigenvalue weighted by Crippen LogP contribution is 2.27. The molecular weight excluding hydrogens is 218 g/mol. The Morgan fingerprint density at radius 3 is 2.82 bits per heavy atom. The zero-order valence-electron chi connectivity index (χ0n) is 9.43. The van der Waals surface area contributed by atoms with Crippen LogP contribution in [0.1, 0.15) is 19.3 Å². The van der Waals surface area contributed by atoms with Crippen molar-refractivity contribution in [1.82, 2.24) is 4.98 Å². The number of hydrogen-bond acceptors (Lipinski definition) is 5. The number of rotatable bonds is 2. The van der Waals surface area contributed by atoms with Crippen LogP contribution in [0.3, 0.4) is 0 Å². The molecule has 0 spiro atoms. The van der Waals surface area contributed by atoms with E-state index in [1.54, 1.807) is 18.2 Å². The summed E-state index contributed by atoms with van der Waals surface area (Å²) in [6, 6.07) is 5.69. The minimum absolute atomic E-state index is 0.385. The largest absolute Gasteiger partial charge is 0.423 e. The maximum absolute atomic E-state index is 10.4. The van der Waals surface area contributed by atoms with Crippen molar-refractivity contribution in [2.45, 2.75) is 19.3 Å². The molecule has 0 atom stereocenters. The first kappa shape index (κ1) is 10.3. The van der Waals surface area contributed by atoms with Crippen LogP contribution in [-0.4, -0.2) is 18.1 Å². The van der Waals surface area contributed by atoms with Crippen molar-refractivity contribution >= 4 is 22.8 Å². The van der Waals surface area contributed by atoms with E-state index in [1.807, 2.05) is 0 Å². The van der Waals surface area contributed by atoms with Crippen LogP contribution in [0.25, 0.3) is 11.1 Å². The molecule has 2 aromatic rings. The van der Waals surface area contributed by atoms with Crippen molar-refractivity contribution < 1.29 is 4.42 Å². The van der Waals surface area contributed by atoms with Gasteiger partial charge in [0.15, 0.2) is 5.58 Å². The summed E-state index contributed by atoms with van der Waals surface area (Å²) in [4.78, 5) is 17.0. The molecule has 3 rings (SSSR count). The van der Waals surface area contributed by atoms with Gasteiger partial charge in [-0.2, -0.15) is 4.98 Å². The van der Waals surface area contributed by atoms with Crippen molar-refractivity contribution in [2.24, 2.45) is 5.18 Å². The quantitative estimate of drug-likeness (QED) is 0.744. The number of aromatic nitrogens is 1. The van der Waals surface area contributed by atoms with Crippen LogP contribution in [0.5, 0.6) is 0 Å². The molecule has 1 aromatic carbocycles. The predicted molar refractivity (Wildman–Crippen MR) is 65.5 cm³/mol. The molecule has 1 aliphatic heterocycles. The Morgan fingerprint density at radius 2 is 2.06 bits per heavy atom. The SMILES string of the molecule is O=Nc1ccc2oc(N3CCCCC3)nc2c1. The number of fused-ring (bicyclic) bond motifs is 1. The number of anilines is 1. The van der Waals surface area contributed by atoms with Gasteiger partial charge in [0.05, 0.1) is 0 Å². The molecule has 1 saturated heterocycles. The van der Waals surface area contributed by atoms with Crippen LogP contribution in [0.4, 0.5) is 11.7 Å². The van der Waals surface area contributed by atoms with Gasteiger partial charge in [0.25, 0.3) is 6.01 Å². The first-order valence-electron chi connectivity index (χ1n) is 5.86. The first-order valence-corrected chi connectivity index (χ1v) is 5.86. The van der Waals surface area contributed by atoms with E-state index in [0.717, 1.165) is 13.1 Å². The second kappa shape index (κ2) is 4.16. The Hall–Kier alpha value is -1.91. The Labute approximate surface area is 98.4 Å². The van der Waals surface area contributed by atoms with E-state index in [0.29, 0.717) is 22.8 Å². The lowest BCUT2D eigenvalue weighted by molar-refractivity contribution is 0.509. The number of oxazole rings is 1. The molecule has 0 radical (unpaired) electrons. The van der Waals surface area contributed by atoms with E-state index in [2.05, 4.69) is 15.1 Å². The highest BCUT2D eigenvalue weighted by atomic mass is 16.4. The Balaban J connectivity index is 1.97. The van der Waals surface area contributed by atoms with Crippen LogP contribution < -0.4 is 4.90 Å². The third kappa shape index (κ3) is 1.88. The van der Waals surface area contributed by atoms with Gasteiger partial charge in [-0.25, -0.2) is 0 Å². The maximum Gasteiger partial charge on any atom is 0.298 e. The normalized spacial score (nSPS) is 16.4. The molecule has 0 unspecified atom stereocenters. The summed E-state index contributed by atoms with van der Waals surface area (Å²) in [5.41, 5.74) is 1.79. The van der Waals surface area contributed by atoms with Gasteiger partial charge in [-0.05, 0) is 42.6 Å². The van der Waals surface area contributed by atoms with Gasteiger partial charge in [-0.3, -0.25) is 0 Å². The molecule has 0 bridgehead atoms. The summed E-state index contributed by atoms with van der Waals surface area (Å²) in [5.74, 6) is 0. The van der Waals surface area contributed by atoms with Crippen molar-refractivity contribution in [3.63, 3.8) is 0 Å². The topological polar surface area (TPSA) is 58.7 Å². The molecule has 5 heteroatoms. The van der Waals surface area contributed by atoms with Crippen LogP contribution in [0.15, 0.2) is 27.8 Å². The van der Waals surface area contributed by atoms with Crippen molar-refractivity contribution in [3.05, 3.63) is 23.1 Å². The minimum Gasteiger partial charge on any atom is -0.423 e. The third-order valence-electron chi connectivity index (χ3n) is 3.09. The molecule has 0 N–H and O–H groups in total. The highest BCUT2D eigenvalue weighted by Gasteiger charge is 2.16. The van der Waals surface area contributed by atoms with Crippen LogP contribution >= 0.6 is 0 Å². The van der Waals surface area contributed by atoms with Crippen molar-refractivity contribution in [2.75, 3.05) is 18.0 Å². The summed E-state index contributed by atoms with van der Waals surface area (Å²) in [6.07, 6.45) is 3.63. The van der Waals surface area contributed by atoms with E-state index in [9.17, 15) is 4.91 Å². The van der Waals surface area contributed by atoms with Gasteiger partial charge in [0.2, 0.25) is 0 Å². The first-order chi connectivity index (χ1) is 8.36. The van der Waals surface area contributed by atoms with Gasteiger partial charge in [0.1, 0.15) is 11.2 Å². The molecule has 88 valence electrons. The van der Waals surface area contributed by atoms with E-state index in [1.165, 1.54) is 19.3 Å². The number of benzene rings is 1. The summed E-state index contributed by atoms with van der Waals surface area (Å²) >= 11 is 0. The number of nitrogens with zero attached hydrogens (tertiary/aromatic N) is 3. The second-order valence-corrected chi connectivity index (χ2v) is 4.29. The lowest BCUT2D eigenvalue weighted by Gasteiger charge is -2.24. The second-order valence-electron chi connectivity index (χ2n) is 4.29. The molecule has 2 heterocycles. The zero-order valence-corrected chi connectivity index (χ0v) is 9.43. The molecule has 0 aliphatic carbocycles. The summed E-state index contributed by atoms with van der Waals surface area (Å²) in [7, 11) is 0. The van der Waals surface area contributed by atoms with E-state index in [4.69, 9.17) is 4.42 Å². The van der Waals surface area contributed by atoms with E-state index < -0.39 is 0 Å². The molecule has 17 heavy (non-hydrogen) atoms. The fraction of sp³-hybridized carbons (Fsp3) is 0.417. The highest BCUT2D eigenvalue weighted by molar-refractivity contribution is 5.78. The van der Waals surface area contributed by atoms with Crippen molar-refractivity contribution in [1.29, 1.82) is 0 Å². The molecule has 0 saturated carbocycles. The molecule has 1 aliphatic rings. The van der Waals surface area contributed by atoms with Crippen LogP contribution in [-0.2, 0) is 0 Å². The number of piperidine rings is 1. The smallest absolute Gasteiger partial charge is 0.298 e. The van der Waals surface area contributed by atoms with Crippen LogP contribution in [0.2, 0.25) is 0 Å². The monoisotopic (exact) mass is 231 g/mol. The number of hydrogen-bond donors (Lipinski definition) is 0. The average Bonchev–Trinajstić information content (AvgIpc) is 2.82. The third-order valence-corrected chi connectivity index (χ3v) is 3.09. The van der Waals surface area contributed by atoms with Gasteiger partial charge in [-0.15, -0.1) is 4.91 Å². The van der Waals surface area contributed by atoms with Gasteiger partial charge < -0.3 is 9.32 Å². The fourth-order valence-corrected chi connectivity index (χ4v) is 2.18. The average molecular weight is 231 g/mol. The van der Waals surface area contributed by atoms with Crippen LogP contribution in [0, 0.1) is 4.91 Å². The Kier molecular flexibility index (Phi) is 2.51. The molecule has 5 nitrogen and oxygen atoms in total. The van der Waals surface area contributed by atoms with E-state index in [-0.39, 0.29) is 0 Å². The summed E-state index contributed by atoms with van der Waals surface area (Å²) in [6.45, 7) is 1.98. The lowest BCUT2D eigenvalue weighted by atomic mass is 10.1. The molecule has 1 fully saturated rings. The summed E-state index contributed by atoms with van der Waals surface area (Å²) < 4.78 is 5.68. The fourth-order valence-electron chi connectivity index (χ4n) is 2.18. The maximum atomic E-state index is 10.4. The predicted octanol–water partition coefficient (Wildman–Crippen LogP) is 3.22. The van der Waals surface area contributed by atoms with Crippen molar-refractivity contribution in [3.8, 4) is 0 Å². The number of nitroso groups, excluding NO2 is 1. The molecule has 0 amide bonds.